The van der Waals surface area contributed by atoms with E-state index in [4.69, 9.17) is 5.73 Å². The molecule has 1 heterocycles. The molecule has 0 atom stereocenters. The van der Waals surface area contributed by atoms with E-state index in [2.05, 4.69) is 15.6 Å². The van der Waals surface area contributed by atoms with Gasteiger partial charge in [0.15, 0.2) is 0 Å². The van der Waals surface area contributed by atoms with Gasteiger partial charge in [-0.05, 0) is 43.2 Å². The molecule has 136 valence electrons. The number of nitrogens with two attached hydrogens (primary N) is 1. The molecule has 6 nitrogen and oxygen atoms in total. The predicted molar refractivity (Wildman–Crippen MR) is 100 cm³/mol. The molecule has 1 aliphatic rings. The minimum Gasteiger partial charge on any atom is -0.346 e. The Morgan fingerprint density at radius 3 is 2.62 bits per heavy atom. The molecule has 0 radical (unpaired) electrons. The smallest absolute Gasteiger partial charge is 0.251 e. The lowest BCUT2D eigenvalue weighted by Crippen LogP contribution is -2.52. The van der Waals surface area contributed by atoms with Crippen LogP contribution in [0.25, 0.3) is 0 Å². The van der Waals surface area contributed by atoms with Gasteiger partial charge in [-0.2, -0.15) is 0 Å². The molecule has 1 aliphatic carbocycles. The number of carbonyl (C=O) groups excluding carboxylic acids is 2. The molecule has 0 spiro atoms. The predicted octanol–water partition coefficient (Wildman–Crippen LogP) is 2.61. The zero-order valence-corrected chi connectivity index (χ0v) is 14.7. The van der Waals surface area contributed by atoms with Gasteiger partial charge < -0.3 is 16.4 Å². The van der Waals surface area contributed by atoms with Gasteiger partial charge in [0.05, 0.1) is 17.8 Å². The topological polar surface area (TPSA) is 97.1 Å². The van der Waals surface area contributed by atoms with Crippen LogP contribution in [0.3, 0.4) is 0 Å². The van der Waals surface area contributed by atoms with Gasteiger partial charge in [0.2, 0.25) is 5.91 Å². The summed E-state index contributed by atoms with van der Waals surface area (Å²) in [5.74, 6) is -0.393. The number of aromatic nitrogens is 1. The van der Waals surface area contributed by atoms with Crippen LogP contribution in [-0.2, 0) is 11.3 Å². The number of anilines is 1. The maximum Gasteiger partial charge on any atom is 0.251 e. The van der Waals surface area contributed by atoms with Crippen molar-refractivity contribution in [2.45, 2.75) is 44.2 Å². The number of pyridine rings is 1. The number of hydrogen-bond acceptors (Lipinski definition) is 4. The van der Waals surface area contributed by atoms with Crippen LogP contribution in [0.15, 0.2) is 48.7 Å². The first-order valence-electron chi connectivity index (χ1n) is 8.95. The molecule has 1 aromatic carbocycles. The number of amides is 2. The Kier molecular flexibility index (Phi) is 5.63. The van der Waals surface area contributed by atoms with E-state index in [1.54, 1.807) is 30.5 Å². The molecular weight excluding hydrogens is 328 g/mol. The lowest BCUT2D eigenvalue weighted by molar-refractivity contribution is -0.122. The van der Waals surface area contributed by atoms with E-state index in [0.717, 1.165) is 25.0 Å². The van der Waals surface area contributed by atoms with Crippen LogP contribution in [0.1, 0.15) is 48.2 Å². The van der Waals surface area contributed by atoms with Gasteiger partial charge in [-0.15, -0.1) is 0 Å². The molecule has 0 aliphatic heterocycles. The first-order valence-corrected chi connectivity index (χ1v) is 8.95. The van der Waals surface area contributed by atoms with E-state index in [1.807, 2.05) is 18.2 Å². The largest absolute Gasteiger partial charge is 0.346 e. The molecule has 1 fully saturated rings. The SMILES string of the molecule is NC1(C(=O)Nc2cccc(C(=O)NCc3ccccn3)c2)CCCCC1. The highest BCUT2D eigenvalue weighted by molar-refractivity contribution is 6.00. The van der Waals surface area contributed by atoms with E-state index in [9.17, 15) is 9.59 Å². The lowest BCUT2D eigenvalue weighted by atomic mass is 9.82. The molecule has 1 saturated carbocycles. The first-order chi connectivity index (χ1) is 12.6. The fourth-order valence-electron chi connectivity index (χ4n) is 3.18. The second-order valence-electron chi connectivity index (χ2n) is 6.76. The number of rotatable bonds is 5. The fraction of sp³-hybridized carbons (Fsp3) is 0.350. The van der Waals surface area contributed by atoms with Crippen LogP contribution < -0.4 is 16.4 Å². The van der Waals surface area contributed by atoms with E-state index < -0.39 is 5.54 Å². The number of hydrogen-bond donors (Lipinski definition) is 3. The molecule has 26 heavy (non-hydrogen) atoms. The number of benzene rings is 1. The molecule has 2 amide bonds. The van der Waals surface area contributed by atoms with Gasteiger partial charge in [0, 0.05) is 17.4 Å². The Morgan fingerprint density at radius 1 is 1.08 bits per heavy atom. The monoisotopic (exact) mass is 352 g/mol. The van der Waals surface area contributed by atoms with Crippen molar-refractivity contribution in [2.75, 3.05) is 5.32 Å². The summed E-state index contributed by atoms with van der Waals surface area (Å²) in [7, 11) is 0. The van der Waals surface area contributed by atoms with Crippen molar-refractivity contribution in [3.05, 3.63) is 59.9 Å². The molecule has 4 N–H and O–H groups in total. The standard InChI is InChI=1S/C20H24N4O2/c21-20(10-3-1-4-11-20)19(26)24-16-9-6-7-15(13-16)18(25)23-14-17-8-2-5-12-22-17/h2,5-9,12-13H,1,3-4,10-11,14,21H2,(H,23,25)(H,24,26). The molecule has 3 rings (SSSR count). The van der Waals surface area contributed by atoms with Crippen LogP contribution in [0.2, 0.25) is 0 Å². The zero-order chi connectivity index (χ0) is 18.4. The van der Waals surface area contributed by atoms with Crippen LogP contribution in [0.4, 0.5) is 5.69 Å². The summed E-state index contributed by atoms with van der Waals surface area (Å²) in [6.07, 6.45) is 6.15. The highest BCUT2D eigenvalue weighted by Gasteiger charge is 2.35. The third-order valence-electron chi connectivity index (χ3n) is 4.74. The van der Waals surface area contributed by atoms with Gasteiger partial charge in [0.25, 0.3) is 5.91 Å². The molecule has 0 unspecified atom stereocenters. The Bertz CT molecular complexity index is 770. The van der Waals surface area contributed by atoms with Gasteiger partial charge in [0.1, 0.15) is 0 Å². The van der Waals surface area contributed by atoms with Crippen LogP contribution >= 0.6 is 0 Å². The minimum absolute atomic E-state index is 0.178. The van der Waals surface area contributed by atoms with Crippen molar-refractivity contribution in [3.8, 4) is 0 Å². The number of nitrogens with one attached hydrogen (secondary N) is 2. The van der Waals surface area contributed by atoms with Crippen LogP contribution in [0, 0.1) is 0 Å². The maximum absolute atomic E-state index is 12.5. The molecule has 0 saturated heterocycles. The second kappa shape index (κ2) is 8.10. The van der Waals surface area contributed by atoms with E-state index >= 15 is 0 Å². The summed E-state index contributed by atoms with van der Waals surface area (Å²) in [6, 6.07) is 12.4. The highest BCUT2D eigenvalue weighted by Crippen LogP contribution is 2.27. The fourth-order valence-corrected chi connectivity index (χ4v) is 3.18. The van der Waals surface area contributed by atoms with Gasteiger partial charge in [-0.3, -0.25) is 14.6 Å². The normalized spacial score (nSPS) is 15.9. The Labute approximate surface area is 153 Å². The maximum atomic E-state index is 12.5. The Morgan fingerprint density at radius 2 is 1.88 bits per heavy atom. The van der Waals surface area contributed by atoms with Gasteiger partial charge in [-0.1, -0.05) is 31.4 Å². The first kappa shape index (κ1) is 18.1. The van der Waals surface area contributed by atoms with Crippen LogP contribution in [-0.4, -0.2) is 22.3 Å². The van der Waals surface area contributed by atoms with E-state index in [1.165, 1.54) is 0 Å². The molecule has 1 aromatic heterocycles. The highest BCUT2D eigenvalue weighted by atomic mass is 16.2. The number of nitrogens with zero attached hydrogens (tertiary/aromatic N) is 1. The summed E-state index contributed by atoms with van der Waals surface area (Å²) < 4.78 is 0. The van der Waals surface area contributed by atoms with Gasteiger partial charge in [-0.25, -0.2) is 0 Å². The number of carbonyl (C=O) groups is 2. The quantitative estimate of drug-likeness (QED) is 0.770. The van der Waals surface area contributed by atoms with Crippen molar-refractivity contribution < 1.29 is 9.59 Å². The third-order valence-corrected chi connectivity index (χ3v) is 4.74. The molecule has 2 aromatic rings. The van der Waals surface area contributed by atoms with Crippen molar-refractivity contribution >= 4 is 17.5 Å². The van der Waals surface area contributed by atoms with E-state index in [-0.39, 0.29) is 11.8 Å². The summed E-state index contributed by atoms with van der Waals surface area (Å²) >= 11 is 0. The summed E-state index contributed by atoms with van der Waals surface area (Å²) in [6.45, 7) is 0.349. The summed E-state index contributed by atoms with van der Waals surface area (Å²) in [5, 5.41) is 5.69. The molecular formula is C20H24N4O2. The second-order valence-corrected chi connectivity index (χ2v) is 6.76. The molecule has 6 heteroatoms. The van der Waals surface area contributed by atoms with Crippen molar-refractivity contribution in [1.82, 2.24) is 10.3 Å². The average molecular weight is 352 g/mol. The summed E-state index contributed by atoms with van der Waals surface area (Å²) in [4.78, 5) is 29.1. The third kappa shape index (κ3) is 4.46. The van der Waals surface area contributed by atoms with Crippen molar-refractivity contribution in [1.29, 1.82) is 0 Å². The minimum atomic E-state index is -0.810. The Hall–Kier alpha value is -2.73. The lowest BCUT2D eigenvalue weighted by Gasteiger charge is -2.31. The summed E-state index contributed by atoms with van der Waals surface area (Å²) in [5.41, 5.74) is 7.30. The van der Waals surface area contributed by atoms with Crippen molar-refractivity contribution in [2.24, 2.45) is 5.73 Å². The van der Waals surface area contributed by atoms with Gasteiger partial charge >= 0.3 is 0 Å². The van der Waals surface area contributed by atoms with E-state index in [0.29, 0.717) is 30.6 Å². The van der Waals surface area contributed by atoms with Crippen molar-refractivity contribution in [3.63, 3.8) is 0 Å². The zero-order valence-electron chi connectivity index (χ0n) is 14.7. The molecule has 0 bridgehead atoms. The average Bonchev–Trinajstić information content (AvgIpc) is 2.67. The Balaban J connectivity index is 1.62. The van der Waals surface area contributed by atoms with Crippen LogP contribution in [0.5, 0.6) is 0 Å².